The van der Waals surface area contributed by atoms with Crippen molar-refractivity contribution in [1.82, 2.24) is 9.97 Å². The smallest absolute Gasteiger partial charge is 0.258 e. The van der Waals surface area contributed by atoms with Gasteiger partial charge in [-0.1, -0.05) is 12.1 Å². The van der Waals surface area contributed by atoms with Crippen LogP contribution in [-0.2, 0) is 0 Å². The van der Waals surface area contributed by atoms with Gasteiger partial charge in [-0.15, -0.1) is 0 Å². The summed E-state index contributed by atoms with van der Waals surface area (Å²) in [4.78, 5) is 38.2. The van der Waals surface area contributed by atoms with Crippen LogP contribution in [0, 0.1) is 30.3 Å². The predicted octanol–water partition coefficient (Wildman–Crippen LogP) is 2.51. The predicted molar refractivity (Wildman–Crippen MR) is 77.0 cm³/mol. The van der Waals surface area contributed by atoms with Gasteiger partial charge in [-0.25, -0.2) is 9.97 Å². The summed E-state index contributed by atoms with van der Waals surface area (Å²) in [6, 6.07) is 7.19. The topological polar surface area (TPSA) is 155 Å². The zero-order chi connectivity index (χ0) is 16.7. The van der Waals surface area contributed by atoms with Gasteiger partial charge in [0.1, 0.15) is 5.52 Å². The molecule has 0 aliphatic rings. The molecule has 3 rings (SSSR count). The van der Waals surface area contributed by atoms with Crippen molar-refractivity contribution in [3.05, 3.63) is 60.7 Å². The second kappa shape index (κ2) is 4.91. The fraction of sp³-hybridized carbons (Fsp3) is 0. The Balaban J connectivity index is 2.58. The molecule has 11 nitrogen and oxygen atoms in total. The molecule has 0 fully saturated rings. The van der Waals surface area contributed by atoms with Gasteiger partial charge in [0.15, 0.2) is 5.52 Å². The average molecular weight is 315 g/mol. The quantitative estimate of drug-likeness (QED) is 0.405. The van der Waals surface area contributed by atoms with Crippen LogP contribution < -0.4 is 0 Å². The van der Waals surface area contributed by atoms with Crippen LogP contribution in [0.15, 0.2) is 30.3 Å². The van der Waals surface area contributed by atoms with Crippen LogP contribution in [0.1, 0.15) is 0 Å². The standard InChI is InChI=1S/C12H5N5O6/c18-15(19)9-5-8-10(12(17(22)23)11(9)16(20)21)14-7-4-2-1-3-6(7)13-8/h1-5H. The number of nitro groups is 3. The van der Waals surface area contributed by atoms with Crippen LogP contribution in [0.3, 0.4) is 0 Å². The molecule has 114 valence electrons. The lowest BCUT2D eigenvalue weighted by molar-refractivity contribution is -0.440. The van der Waals surface area contributed by atoms with E-state index in [9.17, 15) is 30.3 Å². The molecular weight excluding hydrogens is 310 g/mol. The number of hydrogen-bond donors (Lipinski definition) is 0. The molecule has 3 aromatic rings. The van der Waals surface area contributed by atoms with Crippen LogP contribution in [-0.4, -0.2) is 24.7 Å². The minimum absolute atomic E-state index is 0.160. The SMILES string of the molecule is O=[N+]([O-])c1cc2nc3ccccc3nc2c([N+](=O)[O-])c1[N+](=O)[O-]. The summed E-state index contributed by atoms with van der Waals surface area (Å²) in [5, 5.41) is 33.4. The fourth-order valence-corrected chi connectivity index (χ4v) is 2.21. The number of hydrogen-bond acceptors (Lipinski definition) is 8. The molecule has 0 radical (unpaired) electrons. The summed E-state index contributed by atoms with van der Waals surface area (Å²) >= 11 is 0. The first kappa shape index (κ1) is 14.2. The van der Waals surface area contributed by atoms with Crippen LogP contribution in [0.5, 0.6) is 0 Å². The maximum atomic E-state index is 11.3. The average Bonchev–Trinajstić information content (AvgIpc) is 2.50. The van der Waals surface area contributed by atoms with Gasteiger partial charge in [-0.2, -0.15) is 0 Å². The van der Waals surface area contributed by atoms with Gasteiger partial charge in [0, 0.05) is 0 Å². The molecule has 0 amide bonds. The Morgan fingerprint density at radius 2 is 1.30 bits per heavy atom. The number of aromatic nitrogens is 2. The third-order valence-corrected chi connectivity index (χ3v) is 3.12. The number of nitrogens with zero attached hydrogens (tertiary/aromatic N) is 5. The molecule has 0 N–H and O–H groups in total. The first-order valence-corrected chi connectivity index (χ1v) is 6.07. The molecule has 2 aromatic carbocycles. The second-order valence-corrected chi connectivity index (χ2v) is 4.44. The molecular formula is C12H5N5O6. The molecule has 0 aliphatic carbocycles. The van der Waals surface area contributed by atoms with Gasteiger partial charge in [-0.05, 0) is 12.1 Å². The van der Waals surface area contributed by atoms with Crippen LogP contribution in [0.4, 0.5) is 17.1 Å². The molecule has 0 aliphatic heterocycles. The third-order valence-electron chi connectivity index (χ3n) is 3.12. The van der Waals surface area contributed by atoms with Gasteiger partial charge in [0.05, 0.1) is 31.9 Å². The van der Waals surface area contributed by atoms with Crippen molar-refractivity contribution in [1.29, 1.82) is 0 Å². The summed E-state index contributed by atoms with van der Waals surface area (Å²) in [7, 11) is 0. The molecule has 23 heavy (non-hydrogen) atoms. The highest BCUT2D eigenvalue weighted by molar-refractivity contribution is 5.97. The van der Waals surface area contributed by atoms with Gasteiger partial charge in [-0.3, -0.25) is 30.3 Å². The highest BCUT2D eigenvalue weighted by Gasteiger charge is 2.39. The molecule has 0 saturated carbocycles. The van der Waals surface area contributed by atoms with E-state index in [2.05, 4.69) is 9.97 Å². The molecule has 1 heterocycles. The number of fused-ring (bicyclic) bond motifs is 2. The zero-order valence-electron chi connectivity index (χ0n) is 11.1. The van der Waals surface area contributed by atoms with E-state index in [0.29, 0.717) is 5.52 Å². The van der Waals surface area contributed by atoms with Crippen molar-refractivity contribution in [2.24, 2.45) is 0 Å². The van der Waals surface area contributed by atoms with Crippen LogP contribution in [0.2, 0.25) is 0 Å². The van der Waals surface area contributed by atoms with Crippen molar-refractivity contribution in [2.45, 2.75) is 0 Å². The Bertz CT molecular complexity index is 1020. The molecule has 0 atom stereocenters. The van der Waals surface area contributed by atoms with Crippen molar-refractivity contribution in [2.75, 3.05) is 0 Å². The Morgan fingerprint density at radius 1 is 0.739 bits per heavy atom. The highest BCUT2D eigenvalue weighted by atomic mass is 16.6. The molecule has 0 unspecified atom stereocenters. The van der Waals surface area contributed by atoms with E-state index in [1.165, 1.54) is 6.07 Å². The van der Waals surface area contributed by atoms with Crippen molar-refractivity contribution < 1.29 is 14.8 Å². The number of benzene rings is 2. The van der Waals surface area contributed by atoms with Crippen LogP contribution >= 0.6 is 0 Å². The molecule has 0 spiro atoms. The summed E-state index contributed by atoms with van der Waals surface area (Å²) in [5.74, 6) is 0. The Labute approximate surface area is 125 Å². The third kappa shape index (κ3) is 2.16. The van der Waals surface area contributed by atoms with Crippen molar-refractivity contribution in [3.8, 4) is 0 Å². The number of nitro benzene ring substituents is 3. The number of para-hydroxylation sites is 2. The van der Waals surface area contributed by atoms with E-state index in [4.69, 9.17) is 0 Å². The summed E-state index contributed by atoms with van der Waals surface area (Å²) in [6.07, 6.45) is 0. The Morgan fingerprint density at radius 3 is 1.83 bits per heavy atom. The fourth-order valence-electron chi connectivity index (χ4n) is 2.21. The van der Waals surface area contributed by atoms with E-state index >= 15 is 0 Å². The largest absolute Gasteiger partial charge is 0.424 e. The lowest BCUT2D eigenvalue weighted by Crippen LogP contribution is -2.04. The van der Waals surface area contributed by atoms with Gasteiger partial charge >= 0.3 is 17.1 Å². The number of rotatable bonds is 3. The lowest BCUT2D eigenvalue weighted by atomic mass is 10.1. The van der Waals surface area contributed by atoms with E-state index in [1.807, 2.05) is 0 Å². The first-order chi connectivity index (χ1) is 10.9. The molecule has 11 heteroatoms. The van der Waals surface area contributed by atoms with Crippen molar-refractivity contribution >= 4 is 39.1 Å². The zero-order valence-corrected chi connectivity index (χ0v) is 11.1. The summed E-state index contributed by atoms with van der Waals surface area (Å²) in [6.45, 7) is 0. The molecule has 0 bridgehead atoms. The monoisotopic (exact) mass is 315 g/mol. The Hall–Kier alpha value is -3.76. The second-order valence-electron chi connectivity index (χ2n) is 4.44. The van der Waals surface area contributed by atoms with E-state index < -0.39 is 31.8 Å². The first-order valence-electron chi connectivity index (χ1n) is 6.07. The molecule has 1 aromatic heterocycles. The van der Waals surface area contributed by atoms with Gasteiger partial charge in [0.25, 0.3) is 0 Å². The van der Waals surface area contributed by atoms with Crippen LogP contribution in [0.25, 0.3) is 22.1 Å². The normalized spacial score (nSPS) is 10.8. The molecule has 0 saturated heterocycles. The highest BCUT2D eigenvalue weighted by Crippen LogP contribution is 2.41. The maximum Gasteiger partial charge on any atom is 0.424 e. The van der Waals surface area contributed by atoms with E-state index in [1.54, 1.807) is 18.2 Å². The van der Waals surface area contributed by atoms with E-state index in [0.717, 1.165) is 6.07 Å². The van der Waals surface area contributed by atoms with Gasteiger partial charge < -0.3 is 0 Å². The summed E-state index contributed by atoms with van der Waals surface area (Å²) in [5.41, 5.74) is -3.14. The maximum absolute atomic E-state index is 11.3. The summed E-state index contributed by atoms with van der Waals surface area (Å²) < 4.78 is 0. The van der Waals surface area contributed by atoms with E-state index in [-0.39, 0.29) is 16.6 Å². The minimum Gasteiger partial charge on any atom is -0.258 e. The van der Waals surface area contributed by atoms with Crippen molar-refractivity contribution in [3.63, 3.8) is 0 Å². The lowest BCUT2D eigenvalue weighted by Gasteiger charge is -2.03. The minimum atomic E-state index is -1.21. The van der Waals surface area contributed by atoms with Gasteiger partial charge in [0.2, 0.25) is 0 Å². The Kier molecular flexibility index (Phi) is 3.03.